The first kappa shape index (κ1) is 18.7. The molecule has 1 aromatic carbocycles. The van der Waals surface area contributed by atoms with Crippen LogP contribution < -0.4 is 19.9 Å². The van der Waals surface area contributed by atoms with Crippen LogP contribution in [0.15, 0.2) is 67.1 Å². The van der Waals surface area contributed by atoms with Gasteiger partial charge in [-0.05, 0) is 42.5 Å². The number of methoxy groups -OCH3 is 1. The summed E-state index contributed by atoms with van der Waals surface area (Å²) in [5.41, 5.74) is 2.20. The number of benzene rings is 1. The van der Waals surface area contributed by atoms with Crippen molar-refractivity contribution >= 4 is 23.1 Å². The Hall–Kier alpha value is -3.61. The first-order valence-electron chi connectivity index (χ1n) is 9.54. The molecule has 29 heavy (non-hydrogen) atoms. The molecule has 1 aliphatic heterocycles. The van der Waals surface area contributed by atoms with Crippen LogP contribution in [0.5, 0.6) is 5.75 Å². The minimum Gasteiger partial charge on any atom is -0.497 e. The molecule has 1 amide bonds. The van der Waals surface area contributed by atoms with Crippen molar-refractivity contribution < 1.29 is 9.53 Å². The molecule has 1 N–H and O–H groups in total. The van der Waals surface area contributed by atoms with Crippen LogP contribution in [0.1, 0.15) is 10.4 Å². The minimum absolute atomic E-state index is 0.184. The van der Waals surface area contributed by atoms with Gasteiger partial charge in [-0.1, -0.05) is 6.07 Å². The zero-order chi connectivity index (χ0) is 20.1. The molecule has 3 aromatic rings. The van der Waals surface area contributed by atoms with Gasteiger partial charge in [-0.3, -0.25) is 9.78 Å². The van der Waals surface area contributed by atoms with Crippen molar-refractivity contribution in [3.05, 3.63) is 72.7 Å². The van der Waals surface area contributed by atoms with Crippen molar-refractivity contribution in [2.45, 2.75) is 0 Å². The van der Waals surface area contributed by atoms with E-state index in [4.69, 9.17) is 4.74 Å². The number of nitrogens with one attached hydrogen (secondary N) is 1. The number of piperazine rings is 1. The predicted octanol–water partition coefficient (Wildman–Crippen LogP) is 3.06. The van der Waals surface area contributed by atoms with Crippen LogP contribution in [0.2, 0.25) is 0 Å². The Balaban J connectivity index is 1.40. The fraction of sp³-hybridized carbons (Fsp3) is 0.227. The summed E-state index contributed by atoms with van der Waals surface area (Å²) in [6.45, 7) is 3.45. The molecule has 0 atom stereocenters. The van der Waals surface area contributed by atoms with Crippen LogP contribution in [-0.2, 0) is 0 Å². The Bertz CT molecular complexity index is 954. The van der Waals surface area contributed by atoms with Gasteiger partial charge in [-0.25, -0.2) is 4.98 Å². The molecule has 148 valence electrons. The van der Waals surface area contributed by atoms with E-state index in [1.54, 1.807) is 19.5 Å². The molecular weight excluding hydrogens is 366 g/mol. The van der Waals surface area contributed by atoms with Gasteiger partial charge in [0.05, 0.1) is 24.6 Å². The van der Waals surface area contributed by atoms with Crippen molar-refractivity contribution in [3.63, 3.8) is 0 Å². The highest BCUT2D eigenvalue weighted by Gasteiger charge is 2.19. The number of anilines is 3. The summed E-state index contributed by atoms with van der Waals surface area (Å²) in [4.78, 5) is 25.8. The Morgan fingerprint density at radius 1 is 1.00 bits per heavy atom. The second kappa shape index (κ2) is 8.60. The van der Waals surface area contributed by atoms with Gasteiger partial charge >= 0.3 is 0 Å². The predicted molar refractivity (Wildman–Crippen MR) is 114 cm³/mol. The number of amides is 1. The normalized spacial score (nSPS) is 13.8. The zero-order valence-corrected chi connectivity index (χ0v) is 16.3. The number of hydrogen-bond donors (Lipinski definition) is 1. The molecule has 4 rings (SSSR count). The molecule has 3 heterocycles. The molecule has 7 nitrogen and oxygen atoms in total. The third-order valence-electron chi connectivity index (χ3n) is 4.95. The van der Waals surface area contributed by atoms with Crippen molar-refractivity contribution in [3.8, 4) is 5.75 Å². The van der Waals surface area contributed by atoms with Gasteiger partial charge in [-0.15, -0.1) is 0 Å². The highest BCUT2D eigenvalue weighted by atomic mass is 16.5. The molecule has 1 saturated heterocycles. The van der Waals surface area contributed by atoms with Crippen LogP contribution in [0.3, 0.4) is 0 Å². The summed E-state index contributed by atoms with van der Waals surface area (Å²) in [5.74, 6) is 1.56. The second-order valence-electron chi connectivity index (χ2n) is 6.78. The number of nitrogens with zero attached hydrogens (tertiary/aromatic N) is 4. The molecule has 0 unspecified atom stereocenters. The van der Waals surface area contributed by atoms with Crippen LogP contribution in [0.25, 0.3) is 0 Å². The molecule has 7 heteroatoms. The van der Waals surface area contributed by atoms with E-state index in [9.17, 15) is 4.79 Å². The SMILES string of the molecule is COc1ccc(NC(=O)c2cncc(N3CCN(c4ccccn4)CC3)c2)cc1. The van der Waals surface area contributed by atoms with Gasteiger partial charge in [0, 0.05) is 44.3 Å². The molecule has 0 bridgehead atoms. The molecular formula is C22H23N5O2. The zero-order valence-electron chi connectivity index (χ0n) is 16.3. The van der Waals surface area contributed by atoms with Gasteiger partial charge in [0.1, 0.15) is 11.6 Å². The van der Waals surface area contributed by atoms with E-state index in [-0.39, 0.29) is 5.91 Å². The number of hydrogen-bond acceptors (Lipinski definition) is 6. The molecule has 2 aromatic heterocycles. The van der Waals surface area contributed by atoms with E-state index in [1.807, 2.05) is 54.7 Å². The second-order valence-corrected chi connectivity index (χ2v) is 6.78. The number of carbonyl (C=O) groups is 1. The molecule has 1 fully saturated rings. The number of rotatable bonds is 5. The Morgan fingerprint density at radius 2 is 1.76 bits per heavy atom. The lowest BCUT2D eigenvalue weighted by atomic mass is 10.2. The summed E-state index contributed by atoms with van der Waals surface area (Å²) < 4.78 is 5.14. The Morgan fingerprint density at radius 3 is 2.45 bits per heavy atom. The lowest BCUT2D eigenvalue weighted by molar-refractivity contribution is 0.102. The molecule has 1 aliphatic rings. The Labute approximate surface area is 170 Å². The van der Waals surface area contributed by atoms with E-state index in [2.05, 4.69) is 25.1 Å². The standard InChI is InChI=1S/C22H23N5O2/c1-29-20-7-5-18(6-8-20)25-22(28)17-14-19(16-23-15-17)26-10-12-27(13-11-26)21-4-2-3-9-24-21/h2-9,14-16H,10-13H2,1H3,(H,25,28). The van der Waals surface area contributed by atoms with Crippen molar-refractivity contribution in [2.24, 2.45) is 0 Å². The largest absolute Gasteiger partial charge is 0.497 e. The van der Waals surface area contributed by atoms with Crippen molar-refractivity contribution in [1.82, 2.24) is 9.97 Å². The lowest BCUT2D eigenvalue weighted by Crippen LogP contribution is -2.46. The van der Waals surface area contributed by atoms with E-state index in [0.717, 1.165) is 43.4 Å². The summed E-state index contributed by atoms with van der Waals surface area (Å²) in [6.07, 6.45) is 5.21. The maximum absolute atomic E-state index is 12.6. The first-order valence-corrected chi connectivity index (χ1v) is 9.54. The van der Waals surface area contributed by atoms with Gasteiger partial charge in [0.25, 0.3) is 5.91 Å². The number of carbonyl (C=O) groups excluding carboxylic acids is 1. The van der Waals surface area contributed by atoms with Crippen molar-refractivity contribution in [2.75, 3.05) is 48.4 Å². The highest BCUT2D eigenvalue weighted by Crippen LogP contribution is 2.21. The first-order chi connectivity index (χ1) is 14.2. The van der Waals surface area contributed by atoms with E-state index in [0.29, 0.717) is 11.3 Å². The smallest absolute Gasteiger partial charge is 0.257 e. The number of pyridine rings is 2. The maximum Gasteiger partial charge on any atom is 0.257 e. The highest BCUT2D eigenvalue weighted by molar-refractivity contribution is 6.04. The fourth-order valence-electron chi connectivity index (χ4n) is 3.34. The fourth-order valence-corrected chi connectivity index (χ4v) is 3.34. The van der Waals surface area contributed by atoms with Crippen molar-refractivity contribution in [1.29, 1.82) is 0 Å². The average Bonchev–Trinajstić information content (AvgIpc) is 2.80. The topological polar surface area (TPSA) is 70.6 Å². The summed E-state index contributed by atoms with van der Waals surface area (Å²) in [5, 5.41) is 2.90. The van der Waals surface area contributed by atoms with Gasteiger partial charge < -0.3 is 19.9 Å². The van der Waals surface area contributed by atoms with E-state index >= 15 is 0 Å². The monoisotopic (exact) mass is 389 g/mol. The van der Waals surface area contributed by atoms with E-state index in [1.165, 1.54) is 0 Å². The maximum atomic E-state index is 12.6. The molecule has 0 spiro atoms. The summed E-state index contributed by atoms with van der Waals surface area (Å²) >= 11 is 0. The minimum atomic E-state index is -0.184. The molecule has 0 radical (unpaired) electrons. The molecule has 0 aliphatic carbocycles. The van der Waals surface area contributed by atoms with Crippen LogP contribution in [0.4, 0.5) is 17.2 Å². The van der Waals surface area contributed by atoms with Gasteiger partial charge in [-0.2, -0.15) is 0 Å². The number of aromatic nitrogens is 2. The van der Waals surface area contributed by atoms with Crippen LogP contribution in [0, 0.1) is 0 Å². The van der Waals surface area contributed by atoms with Gasteiger partial charge in [0.15, 0.2) is 0 Å². The van der Waals surface area contributed by atoms with Crippen LogP contribution >= 0.6 is 0 Å². The summed E-state index contributed by atoms with van der Waals surface area (Å²) in [7, 11) is 1.61. The quantitative estimate of drug-likeness (QED) is 0.723. The average molecular weight is 389 g/mol. The third-order valence-corrected chi connectivity index (χ3v) is 4.95. The third kappa shape index (κ3) is 4.45. The Kier molecular flexibility index (Phi) is 5.56. The molecule has 0 saturated carbocycles. The van der Waals surface area contributed by atoms with Gasteiger partial charge in [0.2, 0.25) is 0 Å². The van der Waals surface area contributed by atoms with E-state index < -0.39 is 0 Å². The summed E-state index contributed by atoms with van der Waals surface area (Å²) in [6, 6.07) is 15.1. The van der Waals surface area contributed by atoms with Crippen LogP contribution in [-0.4, -0.2) is 49.2 Å². The number of ether oxygens (including phenoxy) is 1. The lowest BCUT2D eigenvalue weighted by Gasteiger charge is -2.36.